The number of anilines is 2. The molecule has 0 spiro atoms. The molecule has 0 aliphatic heterocycles. The van der Waals surface area contributed by atoms with Crippen LogP contribution in [0.5, 0.6) is 0 Å². The molecule has 0 saturated carbocycles. The van der Waals surface area contributed by atoms with Crippen molar-refractivity contribution in [2.24, 2.45) is 20.5 Å². The Morgan fingerprint density at radius 2 is 0.978 bits per heavy atom. The van der Waals surface area contributed by atoms with Gasteiger partial charge in [-0.1, -0.05) is 25.1 Å². The van der Waals surface area contributed by atoms with Crippen molar-refractivity contribution in [2.75, 3.05) is 50.2 Å². The molecule has 0 aliphatic rings. The van der Waals surface area contributed by atoms with E-state index in [-0.39, 0.29) is 14.9 Å². The largest absolute Gasteiger partial charge is 0.421 e. The van der Waals surface area contributed by atoms with Crippen molar-refractivity contribution in [3.8, 4) is 0 Å². The summed E-state index contributed by atoms with van der Waals surface area (Å²) >= 11 is 0. The van der Waals surface area contributed by atoms with Crippen molar-refractivity contribution in [3.63, 3.8) is 0 Å². The Morgan fingerprint density at radius 1 is 0.600 bits per heavy atom. The highest BCUT2D eigenvalue weighted by molar-refractivity contribution is 5.53. The molecule has 4 rings (SSSR count). The fourth-order valence-electron chi connectivity index (χ4n) is 4.65. The van der Waals surface area contributed by atoms with Gasteiger partial charge in [-0.25, -0.2) is 18.3 Å². The highest BCUT2D eigenvalue weighted by Gasteiger charge is 2.15. The van der Waals surface area contributed by atoms with Crippen LogP contribution in [0.2, 0.25) is 0 Å². The highest BCUT2D eigenvalue weighted by atomic mass is 16.5. The summed E-state index contributed by atoms with van der Waals surface area (Å²) in [6, 6.07) is 16.3. The van der Waals surface area contributed by atoms with Gasteiger partial charge in [0.1, 0.15) is 11.4 Å². The lowest BCUT2D eigenvalue weighted by Crippen LogP contribution is -2.30. The maximum Gasteiger partial charge on any atom is 0.421 e. The van der Waals surface area contributed by atoms with Gasteiger partial charge in [-0.3, -0.25) is 0 Å². The molecule has 2 heterocycles. The van der Waals surface area contributed by atoms with Gasteiger partial charge in [0.2, 0.25) is 0 Å². The molecular weight excluding hydrogens is 564 g/mol. The molecule has 0 aliphatic carbocycles. The van der Waals surface area contributed by atoms with Crippen molar-refractivity contribution in [3.05, 3.63) is 73.3 Å². The van der Waals surface area contributed by atoms with Gasteiger partial charge >= 0.3 is 11.9 Å². The second-order valence-electron chi connectivity index (χ2n) is 10.2. The summed E-state index contributed by atoms with van der Waals surface area (Å²) < 4.78 is 14.3. The molecule has 11 nitrogen and oxygen atoms in total. The SMILES string of the molecule is C.C.CCn1cc[n+](CC)c1N=Nc1ccc(N(C)CCOCCN(C)c2ccc(N=Nc3n(CC)cc[n+]3CC)cc2)cc1. The first-order valence-electron chi connectivity index (χ1n) is 15.2. The Balaban J connectivity index is 0.00000353. The number of benzene rings is 2. The number of nitrogens with zero attached hydrogens (tertiary/aromatic N) is 10. The predicted octanol–water partition coefficient (Wildman–Crippen LogP) is 7.64. The average molecular weight is 619 g/mol. The van der Waals surface area contributed by atoms with Crippen LogP contribution in [0.15, 0.2) is 93.8 Å². The van der Waals surface area contributed by atoms with E-state index in [2.05, 4.69) is 115 Å². The fraction of sp³-hybridized carbons (Fsp3) is 0.471. The first-order chi connectivity index (χ1) is 21.0. The molecule has 4 aromatic rings. The summed E-state index contributed by atoms with van der Waals surface area (Å²) in [7, 11) is 4.15. The van der Waals surface area contributed by atoms with Crippen LogP contribution in [0, 0.1) is 0 Å². The van der Waals surface area contributed by atoms with Crippen LogP contribution in [-0.2, 0) is 30.9 Å². The van der Waals surface area contributed by atoms with Gasteiger partial charge in [0.25, 0.3) is 0 Å². The number of aryl methyl sites for hydroxylation is 4. The lowest BCUT2D eigenvalue weighted by molar-refractivity contribution is -0.680. The first kappa shape index (κ1) is 36.8. The first-order valence-corrected chi connectivity index (χ1v) is 15.2. The van der Waals surface area contributed by atoms with Crippen molar-refractivity contribution in [1.82, 2.24) is 9.13 Å². The van der Waals surface area contributed by atoms with Crippen molar-refractivity contribution in [1.29, 1.82) is 0 Å². The molecule has 0 saturated heterocycles. The Bertz CT molecular complexity index is 1320. The van der Waals surface area contributed by atoms with Gasteiger partial charge in [-0.2, -0.15) is 0 Å². The van der Waals surface area contributed by atoms with Crippen LogP contribution in [0.1, 0.15) is 42.5 Å². The zero-order valence-corrected chi connectivity index (χ0v) is 26.5. The van der Waals surface area contributed by atoms with Gasteiger partial charge in [-0.15, -0.1) is 0 Å². The number of ether oxygens (including phenoxy) is 1. The standard InChI is InChI=1S/C32H46N10O.2CH4/c1-7-39-19-20-40(8-2)31(39)35-33-27-11-15-29(16-12-27)37(5)23-25-43-26-24-38(6)30-17-13-28(14-18-30)34-36-32-41(9-3)21-22-42(32)10-4;;/h11-22H,7-10,23-26H2,1-6H3;2*1H4/q+2;;. The highest BCUT2D eigenvalue weighted by Crippen LogP contribution is 2.22. The van der Waals surface area contributed by atoms with E-state index < -0.39 is 0 Å². The quantitative estimate of drug-likeness (QED) is 0.0735. The molecule has 2 aromatic heterocycles. The summed E-state index contributed by atoms with van der Waals surface area (Å²) in [6.45, 7) is 14.7. The van der Waals surface area contributed by atoms with Gasteiger partial charge in [0.05, 0.1) is 64.2 Å². The smallest absolute Gasteiger partial charge is 0.378 e. The van der Waals surface area contributed by atoms with E-state index in [0.29, 0.717) is 13.2 Å². The number of imidazole rings is 2. The Labute approximate surface area is 270 Å². The van der Waals surface area contributed by atoms with Crippen LogP contribution in [0.3, 0.4) is 0 Å². The Morgan fingerprint density at radius 3 is 1.31 bits per heavy atom. The Hall–Kier alpha value is -4.38. The van der Waals surface area contributed by atoms with Crippen LogP contribution >= 0.6 is 0 Å². The maximum atomic E-state index is 5.95. The van der Waals surface area contributed by atoms with Crippen molar-refractivity contribution < 1.29 is 13.9 Å². The third kappa shape index (κ3) is 9.81. The number of hydrogen-bond donors (Lipinski definition) is 0. The molecule has 0 radical (unpaired) electrons. The molecule has 0 amide bonds. The number of aromatic nitrogens is 4. The maximum absolute atomic E-state index is 5.95. The van der Waals surface area contributed by atoms with E-state index in [9.17, 15) is 0 Å². The molecule has 2 aromatic carbocycles. The molecular formula is C34H54N10O+2. The van der Waals surface area contributed by atoms with Gasteiger partial charge in [0, 0.05) is 48.8 Å². The lowest BCUT2D eigenvalue weighted by atomic mass is 10.2. The second kappa shape index (κ2) is 18.4. The van der Waals surface area contributed by atoms with E-state index in [4.69, 9.17) is 4.74 Å². The van der Waals surface area contributed by atoms with E-state index in [0.717, 1.165) is 73.9 Å². The number of likely N-dealkylation sites (N-methyl/N-ethyl adjacent to an activating group) is 2. The molecule has 0 fully saturated rings. The Kier molecular flexibility index (Phi) is 15.1. The second-order valence-corrected chi connectivity index (χ2v) is 10.2. The summed E-state index contributed by atoms with van der Waals surface area (Å²) in [5.41, 5.74) is 3.89. The average Bonchev–Trinajstić information content (AvgIpc) is 3.65. The zero-order valence-electron chi connectivity index (χ0n) is 26.5. The third-order valence-electron chi connectivity index (χ3n) is 7.48. The summed E-state index contributed by atoms with van der Waals surface area (Å²) in [6.07, 6.45) is 8.15. The minimum atomic E-state index is 0. The zero-order chi connectivity index (χ0) is 30.6. The molecule has 0 N–H and O–H groups in total. The number of hydrogen-bond acceptors (Lipinski definition) is 7. The normalized spacial score (nSPS) is 11.2. The lowest BCUT2D eigenvalue weighted by Gasteiger charge is -2.21. The molecule has 0 unspecified atom stereocenters. The monoisotopic (exact) mass is 618 g/mol. The summed E-state index contributed by atoms with van der Waals surface area (Å²) in [5.74, 6) is 1.72. The van der Waals surface area contributed by atoms with Crippen LogP contribution in [0.4, 0.5) is 34.6 Å². The minimum Gasteiger partial charge on any atom is -0.378 e. The van der Waals surface area contributed by atoms with E-state index in [1.165, 1.54) is 0 Å². The third-order valence-corrected chi connectivity index (χ3v) is 7.48. The van der Waals surface area contributed by atoms with Gasteiger partial charge < -0.3 is 14.5 Å². The molecule has 0 atom stereocenters. The minimum absolute atomic E-state index is 0. The number of azo groups is 2. The molecule has 0 bridgehead atoms. The van der Waals surface area contributed by atoms with Gasteiger partial charge in [-0.05, 0) is 76.2 Å². The summed E-state index contributed by atoms with van der Waals surface area (Å²) in [4.78, 5) is 4.37. The number of rotatable bonds is 16. The van der Waals surface area contributed by atoms with E-state index in [1.54, 1.807) is 0 Å². The fourth-order valence-corrected chi connectivity index (χ4v) is 4.65. The van der Waals surface area contributed by atoms with Crippen molar-refractivity contribution >= 4 is 34.6 Å². The van der Waals surface area contributed by atoms with E-state index >= 15 is 0 Å². The van der Waals surface area contributed by atoms with E-state index in [1.807, 2.05) is 49.1 Å². The topological polar surface area (TPSA) is 82.8 Å². The predicted molar refractivity (Wildman–Crippen MR) is 184 cm³/mol. The van der Waals surface area contributed by atoms with Gasteiger partial charge in [0.15, 0.2) is 0 Å². The molecule has 45 heavy (non-hydrogen) atoms. The summed E-state index contributed by atoms with van der Waals surface area (Å²) in [5, 5.41) is 17.9. The van der Waals surface area contributed by atoms with Crippen molar-refractivity contribution in [2.45, 2.75) is 68.7 Å². The van der Waals surface area contributed by atoms with Crippen LogP contribution < -0.4 is 18.9 Å². The molecule has 244 valence electrons. The van der Waals surface area contributed by atoms with Crippen LogP contribution in [-0.4, -0.2) is 49.5 Å². The van der Waals surface area contributed by atoms with Crippen LogP contribution in [0.25, 0.3) is 0 Å². The molecule has 11 heteroatoms.